The number of hydrogen-bond acceptors (Lipinski definition) is 5. The lowest BCUT2D eigenvalue weighted by Gasteiger charge is -2.05. The lowest BCUT2D eigenvalue weighted by molar-refractivity contribution is 0.0516. The van der Waals surface area contributed by atoms with Crippen LogP contribution in [0.15, 0.2) is 40.7 Å². The van der Waals surface area contributed by atoms with Crippen molar-refractivity contribution < 1.29 is 9.53 Å². The highest BCUT2D eigenvalue weighted by atomic mass is 16.5. The average Bonchev–Trinajstić information content (AvgIpc) is 2.83. The van der Waals surface area contributed by atoms with Gasteiger partial charge in [-0.15, -0.1) is 5.11 Å². The number of imidazole rings is 1. The molecule has 0 unspecified atom stereocenters. The van der Waals surface area contributed by atoms with E-state index in [9.17, 15) is 4.79 Å². The van der Waals surface area contributed by atoms with Crippen molar-refractivity contribution >= 4 is 11.8 Å². The normalized spacial score (nSPS) is 10.9. The summed E-state index contributed by atoms with van der Waals surface area (Å²) in [7, 11) is 5.25. The minimum atomic E-state index is -0.465. The second-order valence-corrected chi connectivity index (χ2v) is 4.79. The Balaban J connectivity index is 2.54. The van der Waals surface area contributed by atoms with E-state index in [1.54, 1.807) is 32.6 Å². The third-order valence-electron chi connectivity index (χ3n) is 2.90. The van der Waals surface area contributed by atoms with Crippen molar-refractivity contribution in [2.75, 3.05) is 20.7 Å². The Morgan fingerprint density at radius 3 is 2.59 bits per heavy atom. The molecule has 1 aromatic heterocycles. The van der Waals surface area contributed by atoms with Crippen LogP contribution in [0.5, 0.6) is 0 Å². The van der Waals surface area contributed by atoms with E-state index < -0.39 is 5.97 Å². The SMILES string of the molecule is CCOC(=O)c1c(N=NN(C)C)nc(-c2ccccc2)n1C. The second-order valence-electron chi connectivity index (χ2n) is 4.79. The molecule has 0 aliphatic rings. The fourth-order valence-electron chi connectivity index (χ4n) is 1.96. The van der Waals surface area contributed by atoms with Crippen molar-refractivity contribution in [3.63, 3.8) is 0 Å². The molecule has 1 aromatic carbocycles. The van der Waals surface area contributed by atoms with E-state index in [0.717, 1.165) is 5.56 Å². The highest BCUT2D eigenvalue weighted by Gasteiger charge is 2.23. The zero-order valence-corrected chi connectivity index (χ0v) is 13.1. The van der Waals surface area contributed by atoms with E-state index in [1.807, 2.05) is 30.3 Å². The van der Waals surface area contributed by atoms with Gasteiger partial charge in [0.1, 0.15) is 5.82 Å². The van der Waals surface area contributed by atoms with Gasteiger partial charge in [0, 0.05) is 26.7 Å². The van der Waals surface area contributed by atoms with Crippen molar-refractivity contribution in [3.05, 3.63) is 36.0 Å². The fraction of sp³-hybridized carbons (Fsp3) is 0.333. The predicted octanol–water partition coefficient (Wildman–Crippen LogP) is 2.82. The van der Waals surface area contributed by atoms with Gasteiger partial charge in [-0.1, -0.05) is 35.6 Å². The second kappa shape index (κ2) is 6.84. The van der Waals surface area contributed by atoms with Crippen LogP contribution >= 0.6 is 0 Å². The van der Waals surface area contributed by atoms with Gasteiger partial charge >= 0.3 is 5.97 Å². The van der Waals surface area contributed by atoms with Crippen LogP contribution in [-0.2, 0) is 11.8 Å². The molecule has 0 saturated heterocycles. The molecule has 2 aromatic rings. The molecule has 0 aliphatic heterocycles. The van der Waals surface area contributed by atoms with Crippen molar-refractivity contribution in [2.24, 2.45) is 17.4 Å². The molecule has 0 saturated carbocycles. The summed E-state index contributed by atoms with van der Waals surface area (Å²) < 4.78 is 6.77. The molecule has 0 atom stereocenters. The maximum atomic E-state index is 12.2. The average molecular weight is 301 g/mol. The van der Waals surface area contributed by atoms with Gasteiger partial charge in [0.15, 0.2) is 5.69 Å². The first-order chi connectivity index (χ1) is 10.5. The molecular weight excluding hydrogens is 282 g/mol. The zero-order chi connectivity index (χ0) is 16.1. The Morgan fingerprint density at radius 1 is 1.32 bits per heavy atom. The van der Waals surface area contributed by atoms with Crippen LogP contribution in [0.1, 0.15) is 17.4 Å². The first kappa shape index (κ1) is 15.7. The molecule has 0 bridgehead atoms. The number of esters is 1. The topological polar surface area (TPSA) is 72.1 Å². The van der Waals surface area contributed by atoms with E-state index in [-0.39, 0.29) is 18.1 Å². The van der Waals surface area contributed by atoms with Gasteiger partial charge in [-0.2, -0.15) is 0 Å². The molecule has 7 heteroatoms. The van der Waals surface area contributed by atoms with Gasteiger partial charge in [-0.25, -0.2) is 9.78 Å². The first-order valence-electron chi connectivity index (χ1n) is 6.92. The van der Waals surface area contributed by atoms with E-state index >= 15 is 0 Å². The minimum Gasteiger partial charge on any atom is -0.461 e. The van der Waals surface area contributed by atoms with E-state index in [0.29, 0.717) is 5.82 Å². The molecule has 116 valence electrons. The van der Waals surface area contributed by atoms with Gasteiger partial charge < -0.3 is 9.30 Å². The molecule has 1 heterocycles. The zero-order valence-electron chi connectivity index (χ0n) is 13.1. The standard InChI is InChI=1S/C15H19N5O2/c1-5-22-15(21)12-13(17-18-19(2)3)16-14(20(12)4)11-9-7-6-8-10-11/h6-10H,5H2,1-4H3. The van der Waals surface area contributed by atoms with Gasteiger partial charge in [0.05, 0.1) is 6.61 Å². The number of aromatic nitrogens is 2. The first-order valence-corrected chi connectivity index (χ1v) is 6.92. The lowest BCUT2D eigenvalue weighted by atomic mass is 10.2. The number of ether oxygens (including phenoxy) is 1. The molecule has 0 amide bonds. The van der Waals surface area contributed by atoms with Crippen LogP contribution in [0, 0.1) is 0 Å². The Kier molecular flexibility index (Phi) is 4.88. The number of carbonyl (C=O) groups is 1. The summed E-state index contributed by atoms with van der Waals surface area (Å²) in [6, 6.07) is 9.59. The smallest absolute Gasteiger partial charge is 0.359 e. The molecule has 2 rings (SSSR count). The van der Waals surface area contributed by atoms with Gasteiger partial charge in [0.2, 0.25) is 5.82 Å². The summed E-state index contributed by atoms with van der Waals surface area (Å²) in [6.07, 6.45) is 0. The summed E-state index contributed by atoms with van der Waals surface area (Å²) in [6.45, 7) is 2.04. The number of nitrogens with zero attached hydrogens (tertiary/aromatic N) is 5. The molecule has 22 heavy (non-hydrogen) atoms. The Labute approximate surface area is 129 Å². The number of rotatable bonds is 5. The summed E-state index contributed by atoms with van der Waals surface area (Å²) in [5, 5.41) is 9.49. The lowest BCUT2D eigenvalue weighted by Crippen LogP contribution is -2.10. The molecule has 0 aliphatic carbocycles. The van der Waals surface area contributed by atoms with Crippen LogP contribution in [0.4, 0.5) is 5.82 Å². The van der Waals surface area contributed by atoms with Gasteiger partial charge in [0.25, 0.3) is 0 Å². The molecule has 0 fully saturated rings. The van der Waals surface area contributed by atoms with Crippen LogP contribution in [-0.4, -0.2) is 41.2 Å². The van der Waals surface area contributed by atoms with Crippen molar-refractivity contribution in [2.45, 2.75) is 6.92 Å². The van der Waals surface area contributed by atoms with Gasteiger partial charge in [-0.05, 0) is 6.92 Å². The van der Waals surface area contributed by atoms with Crippen LogP contribution < -0.4 is 0 Å². The predicted molar refractivity (Wildman–Crippen MR) is 82.8 cm³/mol. The van der Waals surface area contributed by atoms with E-state index in [2.05, 4.69) is 15.3 Å². The van der Waals surface area contributed by atoms with Crippen molar-refractivity contribution in [3.8, 4) is 11.4 Å². The molecule has 0 spiro atoms. The monoisotopic (exact) mass is 301 g/mol. The van der Waals surface area contributed by atoms with Crippen LogP contribution in [0.25, 0.3) is 11.4 Å². The Hall–Kier alpha value is -2.70. The molecule has 0 radical (unpaired) electrons. The third kappa shape index (κ3) is 3.30. The highest BCUT2D eigenvalue weighted by molar-refractivity contribution is 5.93. The van der Waals surface area contributed by atoms with E-state index in [4.69, 9.17) is 4.74 Å². The van der Waals surface area contributed by atoms with Gasteiger partial charge in [-0.3, -0.25) is 5.01 Å². The maximum Gasteiger partial charge on any atom is 0.359 e. The Morgan fingerprint density at radius 2 is 2.00 bits per heavy atom. The third-order valence-corrected chi connectivity index (χ3v) is 2.90. The van der Waals surface area contributed by atoms with Crippen LogP contribution in [0.2, 0.25) is 0 Å². The quantitative estimate of drug-likeness (QED) is 0.483. The largest absolute Gasteiger partial charge is 0.461 e. The minimum absolute atomic E-state index is 0.244. The summed E-state index contributed by atoms with van der Waals surface area (Å²) in [4.78, 5) is 16.6. The van der Waals surface area contributed by atoms with E-state index in [1.165, 1.54) is 5.01 Å². The summed E-state index contributed by atoms with van der Waals surface area (Å²) in [5.74, 6) is 0.414. The fourth-order valence-corrected chi connectivity index (χ4v) is 1.96. The molecular formula is C15H19N5O2. The summed E-state index contributed by atoms with van der Waals surface area (Å²) in [5.41, 5.74) is 1.17. The summed E-state index contributed by atoms with van der Waals surface area (Å²) >= 11 is 0. The highest BCUT2D eigenvalue weighted by Crippen LogP contribution is 2.27. The van der Waals surface area contributed by atoms with Crippen molar-refractivity contribution in [1.29, 1.82) is 0 Å². The maximum absolute atomic E-state index is 12.2. The van der Waals surface area contributed by atoms with Crippen molar-refractivity contribution in [1.82, 2.24) is 14.6 Å². The Bertz CT molecular complexity index is 677. The number of benzene rings is 1. The molecule has 0 N–H and O–H groups in total. The van der Waals surface area contributed by atoms with Crippen LogP contribution in [0.3, 0.4) is 0 Å². The molecule has 7 nitrogen and oxygen atoms in total. The number of hydrogen-bond donors (Lipinski definition) is 0. The number of carbonyl (C=O) groups excluding carboxylic acids is 1.